The molecule has 144 valence electrons. The summed E-state index contributed by atoms with van der Waals surface area (Å²) in [7, 11) is 0. The average molecular weight is 368 g/mol. The number of aromatic amines is 1. The highest BCUT2D eigenvalue weighted by molar-refractivity contribution is 5.79. The van der Waals surface area contributed by atoms with Gasteiger partial charge >= 0.3 is 0 Å². The number of aromatic nitrogens is 5. The number of hydrogen-bond acceptors (Lipinski definition) is 4. The summed E-state index contributed by atoms with van der Waals surface area (Å²) >= 11 is 0. The van der Waals surface area contributed by atoms with Crippen molar-refractivity contribution in [1.29, 1.82) is 0 Å². The van der Waals surface area contributed by atoms with Gasteiger partial charge in [0.2, 0.25) is 0 Å². The van der Waals surface area contributed by atoms with Crippen LogP contribution in [0.3, 0.4) is 0 Å². The largest absolute Gasteiger partial charge is 0.357 e. The summed E-state index contributed by atoms with van der Waals surface area (Å²) in [6.07, 6.45) is 4.49. The summed E-state index contributed by atoms with van der Waals surface area (Å²) in [5.41, 5.74) is 2.11. The van der Waals surface area contributed by atoms with Crippen LogP contribution in [-0.4, -0.2) is 50.3 Å². The van der Waals surface area contributed by atoms with E-state index >= 15 is 0 Å². The molecule has 2 heterocycles. The van der Waals surface area contributed by atoms with Crippen LogP contribution in [0.1, 0.15) is 31.9 Å². The van der Waals surface area contributed by atoms with E-state index in [0.29, 0.717) is 0 Å². The fraction of sp³-hybridized carbons (Fsp3) is 0.474. The molecule has 3 rings (SSSR count). The van der Waals surface area contributed by atoms with Crippen molar-refractivity contribution in [2.75, 3.05) is 19.6 Å². The zero-order valence-corrected chi connectivity index (χ0v) is 16.1. The first-order chi connectivity index (χ1) is 13.3. The van der Waals surface area contributed by atoms with E-state index in [-0.39, 0.29) is 0 Å². The van der Waals surface area contributed by atoms with Gasteiger partial charge in [0.05, 0.1) is 11.0 Å². The number of rotatable bonds is 9. The average Bonchev–Trinajstić information content (AvgIpc) is 3.31. The summed E-state index contributed by atoms with van der Waals surface area (Å²) in [4.78, 5) is 12.6. The molecule has 1 aromatic carbocycles. The quantitative estimate of drug-likeness (QED) is 0.305. The molecule has 0 spiro atoms. The van der Waals surface area contributed by atoms with Crippen LogP contribution in [0, 0.1) is 0 Å². The van der Waals surface area contributed by atoms with Crippen LogP contribution in [0.15, 0.2) is 35.6 Å². The van der Waals surface area contributed by atoms with Crippen molar-refractivity contribution in [3.05, 3.63) is 42.2 Å². The summed E-state index contributed by atoms with van der Waals surface area (Å²) in [6.45, 7) is 7.34. The zero-order chi connectivity index (χ0) is 18.9. The molecular formula is C19H28N8. The van der Waals surface area contributed by atoms with Gasteiger partial charge in [-0.25, -0.2) is 4.98 Å². The summed E-state index contributed by atoms with van der Waals surface area (Å²) in [5.74, 6) is 2.86. The molecule has 0 unspecified atom stereocenters. The van der Waals surface area contributed by atoms with E-state index in [1.807, 2.05) is 18.2 Å². The second-order valence-corrected chi connectivity index (χ2v) is 6.29. The SMILES string of the molecule is CCNC(=NCCCc1nc2ccccc2[nH]1)NCCn1cnnc1CC. The lowest BCUT2D eigenvalue weighted by molar-refractivity contribution is 0.632. The number of imidazole rings is 1. The Balaban J connectivity index is 1.45. The number of nitrogens with one attached hydrogen (secondary N) is 3. The van der Waals surface area contributed by atoms with Crippen molar-refractivity contribution in [2.45, 2.75) is 39.7 Å². The van der Waals surface area contributed by atoms with Gasteiger partial charge in [-0.1, -0.05) is 19.1 Å². The highest BCUT2D eigenvalue weighted by atomic mass is 15.3. The topological polar surface area (TPSA) is 95.8 Å². The standard InChI is InChI=1S/C19H28N8/c1-3-18-26-23-14-27(18)13-12-22-19(20-4-2)21-11-7-10-17-24-15-8-5-6-9-16(15)25-17/h5-6,8-9,14H,3-4,7,10-13H2,1-2H3,(H,24,25)(H2,20,21,22). The van der Waals surface area contributed by atoms with Gasteiger partial charge in [0.15, 0.2) is 5.96 Å². The minimum Gasteiger partial charge on any atom is -0.357 e. The van der Waals surface area contributed by atoms with Gasteiger partial charge in [-0.05, 0) is 25.5 Å². The molecular weight excluding hydrogens is 340 g/mol. The predicted octanol–water partition coefficient (Wildman–Crippen LogP) is 1.90. The van der Waals surface area contributed by atoms with E-state index in [1.54, 1.807) is 6.33 Å². The van der Waals surface area contributed by atoms with Crippen molar-refractivity contribution in [3.63, 3.8) is 0 Å². The van der Waals surface area contributed by atoms with Crippen molar-refractivity contribution in [2.24, 2.45) is 4.99 Å². The number of fused-ring (bicyclic) bond motifs is 1. The van der Waals surface area contributed by atoms with Gasteiger partial charge in [0.1, 0.15) is 18.0 Å². The lowest BCUT2D eigenvalue weighted by atomic mass is 10.3. The highest BCUT2D eigenvalue weighted by Gasteiger charge is 2.03. The molecule has 0 fully saturated rings. The third-order valence-electron chi connectivity index (χ3n) is 4.28. The normalized spacial score (nSPS) is 11.9. The first-order valence-corrected chi connectivity index (χ1v) is 9.62. The number of para-hydroxylation sites is 2. The maximum atomic E-state index is 4.66. The molecule has 0 aliphatic rings. The highest BCUT2D eigenvalue weighted by Crippen LogP contribution is 2.11. The molecule has 0 aliphatic carbocycles. The number of aryl methyl sites for hydroxylation is 2. The molecule has 0 amide bonds. The second kappa shape index (κ2) is 9.70. The Hall–Kier alpha value is -2.90. The number of benzene rings is 1. The molecule has 0 bridgehead atoms. The third-order valence-corrected chi connectivity index (χ3v) is 4.28. The Bertz CT molecular complexity index is 830. The maximum Gasteiger partial charge on any atom is 0.191 e. The van der Waals surface area contributed by atoms with Crippen LogP contribution in [0.2, 0.25) is 0 Å². The molecule has 0 saturated heterocycles. The zero-order valence-electron chi connectivity index (χ0n) is 16.1. The van der Waals surface area contributed by atoms with Crippen LogP contribution >= 0.6 is 0 Å². The molecule has 2 aromatic heterocycles. The van der Waals surface area contributed by atoms with Gasteiger partial charge < -0.3 is 20.2 Å². The lowest BCUT2D eigenvalue weighted by Crippen LogP contribution is -2.39. The number of hydrogen-bond donors (Lipinski definition) is 3. The Morgan fingerprint density at radius 2 is 2.11 bits per heavy atom. The van der Waals surface area contributed by atoms with E-state index in [4.69, 9.17) is 0 Å². The van der Waals surface area contributed by atoms with Crippen LogP contribution in [0.5, 0.6) is 0 Å². The molecule has 0 aliphatic heterocycles. The molecule has 0 saturated carbocycles. The van der Waals surface area contributed by atoms with Gasteiger partial charge in [-0.2, -0.15) is 0 Å². The third kappa shape index (κ3) is 5.29. The number of guanidine groups is 1. The van der Waals surface area contributed by atoms with Gasteiger partial charge in [-0.15, -0.1) is 10.2 Å². The first kappa shape index (κ1) is 18.9. The van der Waals surface area contributed by atoms with Crippen LogP contribution in [-0.2, 0) is 19.4 Å². The molecule has 27 heavy (non-hydrogen) atoms. The monoisotopic (exact) mass is 368 g/mol. The lowest BCUT2D eigenvalue weighted by Gasteiger charge is -2.12. The molecule has 0 atom stereocenters. The molecule has 8 heteroatoms. The predicted molar refractivity (Wildman–Crippen MR) is 108 cm³/mol. The molecule has 3 N–H and O–H groups in total. The first-order valence-electron chi connectivity index (χ1n) is 9.62. The van der Waals surface area contributed by atoms with Gasteiger partial charge in [-0.3, -0.25) is 4.99 Å². The minimum atomic E-state index is 0.749. The van der Waals surface area contributed by atoms with Crippen molar-refractivity contribution in [1.82, 2.24) is 35.4 Å². The van der Waals surface area contributed by atoms with Crippen LogP contribution in [0.25, 0.3) is 11.0 Å². The number of aliphatic imine (C=N–C) groups is 1. The van der Waals surface area contributed by atoms with Crippen molar-refractivity contribution in [3.8, 4) is 0 Å². The van der Waals surface area contributed by atoms with E-state index in [9.17, 15) is 0 Å². The molecule has 3 aromatic rings. The van der Waals surface area contributed by atoms with E-state index in [0.717, 1.165) is 74.1 Å². The Morgan fingerprint density at radius 3 is 2.93 bits per heavy atom. The Labute approximate surface area is 159 Å². The summed E-state index contributed by atoms with van der Waals surface area (Å²) in [5, 5.41) is 14.7. The van der Waals surface area contributed by atoms with Crippen molar-refractivity contribution < 1.29 is 0 Å². The van der Waals surface area contributed by atoms with Crippen LogP contribution < -0.4 is 10.6 Å². The van der Waals surface area contributed by atoms with E-state index < -0.39 is 0 Å². The minimum absolute atomic E-state index is 0.749. The van der Waals surface area contributed by atoms with Gasteiger partial charge in [0.25, 0.3) is 0 Å². The smallest absolute Gasteiger partial charge is 0.191 e. The Morgan fingerprint density at radius 1 is 1.22 bits per heavy atom. The second-order valence-electron chi connectivity index (χ2n) is 6.29. The van der Waals surface area contributed by atoms with E-state index in [1.165, 1.54) is 0 Å². The Kier molecular flexibility index (Phi) is 6.78. The summed E-state index contributed by atoms with van der Waals surface area (Å²) < 4.78 is 2.07. The molecule has 0 radical (unpaired) electrons. The molecule has 8 nitrogen and oxygen atoms in total. The number of nitrogens with zero attached hydrogens (tertiary/aromatic N) is 5. The number of H-pyrrole nitrogens is 1. The van der Waals surface area contributed by atoms with E-state index in [2.05, 4.69) is 60.3 Å². The van der Waals surface area contributed by atoms with Crippen molar-refractivity contribution >= 4 is 17.0 Å². The fourth-order valence-corrected chi connectivity index (χ4v) is 2.94. The van der Waals surface area contributed by atoms with Crippen LogP contribution in [0.4, 0.5) is 0 Å². The maximum absolute atomic E-state index is 4.66. The van der Waals surface area contributed by atoms with Gasteiger partial charge in [0, 0.05) is 39.0 Å². The fourth-order valence-electron chi connectivity index (χ4n) is 2.94. The summed E-state index contributed by atoms with van der Waals surface area (Å²) in [6, 6.07) is 8.11.